The summed E-state index contributed by atoms with van der Waals surface area (Å²) in [6.07, 6.45) is -0.355. The lowest BCUT2D eigenvalue weighted by Gasteiger charge is -2.42. The minimum Gasteiger partial charge on any atom is -0.354 e. The second-order valence-electron chi connectivity index (χ2n) is 5.15. The van der Waals surface area contributed by atoms with Crippen LogP contribution >= 0.6 is 0 Å². The largest absolute Gasteiger partial charge is 0.354 e. The zero-order valence-electron chi connectivity index (χ0n) is 12.6. The summed E-state index contributed by atoms with van der Waals surface area (Å²) in [6, 6.07) is 8.36. The summed E-state index contributed by atoms with van der Waals surface area (Å²) in [5, 5.41) is 0. The Morgan fingerprint density at radius 3 is 2.32 bits per heavy atom. The molecule has 0 spiro atoms. The molecule has 108 valence electrons. The average molecular weight is 266 g/mol. The molecule has 19 heavy (non-hydrogen) atoms. The number of aryl methyl sites for hydroxylation is 1. The average Bonchev–Trinajstić information content (AvgIpc) is 2.42. The van der Waals surface area contributed by atoms with Crippen LogP contribution in [0.5, 0.6) is 0 Å². The molecule has 0 heterocycles. The van der Waals surface area contributed by atoms with E-state index in [1.807, 2.05) is 13.1 Å². The van der Waals surface area contributed by atoms with Gasteiger partial charge < -0.3 is 15.2 Å². The van der Waals surface area contributed by atoms with Crippen molar-refractivity contribution in [2.75, 3.05) is 27.8 Å². The number of likely N-dealkylation sites (N-methyl/N-ethyl adjacent to an activating group) is 1. The summed E-state index contributed by atoms with van der Waals surface area (Å²) in [4.78, 5) is 2.19. The predicted molar refractivity (Wildman–Crippen MR) is 77.9 cm³/mol. The van der Waals surface area contributed by atoms with Gasteiger partial charge in [0.15, 0.2) is 6.29 Å². The lowest BCUT2D eigenvalue weighted by molar-refractivity contribution is -0.178. The Bertz CT molecular complexity index is 393. The first-order valence-corrected chi connectivity index (χ1v) is 6.51. The van der Waals surface area contributed by atoms with Crippen molar-refractivity contribution in [3.05, 3.63) is 35.4 Å². The van der Waals surface area contributed by atoms with Gasteiger partial charge in [-0.1, -0.05) is 24.3 Å². The van der Waals surface area contributed by atoms with Gasteiger partial charge in [0.1, 0.15) is 0 Å². The minimum atomic E-state index is -0.369. The topological polar surface area (TPSA) is 47.7 Å². The highest BCUT2D eigenvalue weighted by atomic mass is 16.7. The van der Waals surface area contributed by atoms with Gasteiger partial charge in [-0.15, -0.1) is 0 Å². The normalized spacial score (nSPS) is 14.9. The van der Waals surface area contributed by atoms with Gasteiger partial charge in [0.2, 0.25) is 0 Å². The van der Waals surface area contributed by atoms with Gasteiger partial charge in [0.05, 0.1) is 5.54 Å². The van der Waals surface area contributed by atoms with Crippen LogP contribution in [-0.2, 0) is 16.0 Å². The van der Waals surface area contributed by atoms with Crippen molar-refractivity contribution in [1.29, 1.82) is 0 Å². The van der Waals surface area contributed by atoms with Crippen molar-refractivity contribution < 1.29 is 9.47 Å². The van der Waals surface area contributed by atoms with Gasteiger partial charge in [-0.3, -0.25) is 4.90 Å². The smallest absolute Gasteiger partial charge is 0.176 e. The van der Waals surface area contributed by atoms with Crippen LogP contribution in [0, 0.1) is 6.92 Å². The highest BCUT2D eigenvalue weighted by Crippen LogP contribution is 2.23. The van der Waals surface area contributed by atoms with E-state index >= 15 is 0 Å². The first-order valence-electron chi connectivity index (χ1n) is 6.51. The van der Waals surface area contributed by atoms with Crippen molar-refractivity contribution in [2.45, 2.75) is 32.2 Å². The Hall–Kier alpha value is -0.940. The first kappa shape index (κ1) is 16.1. The van der Waals surface area contributed by atoms with Crippen LogP contribution in [0.1, 0.15) is 18.1 Å². The minimum absolute atomic E-state index is 0.355. The second-order valence-corrected chi connectivity index (χ2v) is 5.15. The number of hydrogen-bond acceptors (Lipinski definition) is 4. The lowest BCUT2D eigenvalue weighted by atomic mass is 9.98. The summed E-state index contributed by atoms with van der Waals surface area (Å²) >= 11 is 0. The quantitative estimate of drug-likeness (QED) is 0.764. The van der Waals surface area contributed by atoms with E-state index in [2.05, 4.69) is 36.9 Å². The molecule has 0 aromatic heterocycles. The van der Waals surface area contributed by atoms with Crippen LogP contribution in [0.15, 0.2) is 24.3 Å². The van der Waals surface area contributed by atoms with E-state index in [9.17, 15) is 0 Å². The number of rotatable bonds is 7. The Labute approximate surface area is 116 Å². The third-order valence-corrected chi connectivity index (χ3v) is 3.89. The molecule has 0 radical (unpaired) electrons. The molecule has 2 N–H and O–H groups in total. The lowest BCUT2D eigenvalue weighted by Crippen LogP contribution is -2.58. The van der Waals surface area contributed by atoms with E-state index in [0.717, 1.165) is 6.54 Å². The van der Waals surface area contributed by atoms with E-state index in [4.69, 9.17) is 15.2 Å². The molecule has 0 aliphatic carbocycles. The molecule has 0 saturated heterocycles. The van der Waals surface area contributed by atoms with Crippen molar-refractivity contribution in [1.82, 2.24) is 4.90 Å². The standard InChI is InChI=1S/C15H26N2O2/c1-12-8-6-7-9-13(12)10-17(3)15(2,11-16)14(18-4)19-5/h6-9,14H,10-11,16H2,1-5H3. The van der Waals surface area contributed by atoms with Crippen LogP contribution in [0.2, 0.25) is 0 Å². The summed E-state index contributed by atoms with van der Waals surface area (Å²) in [6.45, 7) is 5.45. The van der Waals surface area contributed by atoms with Crippen LogP contribution in [-0.4, -0.2) is 44.5 Å². The summed E-state index contributed by atoms with van der Waals surface area (Å²) in [5.41, 5.74) is 8.15. The molecule has 1 unspecified atom stereocenters. The molecule has 0 saturated carbocycles. The third kappa shape index (κ3) is 3.54. The molecule has 1 aromatic carbocycles. The Morgan fingerprint density at radius 2 is 1.84 bits per heavy atom. The maximum Gasteiger partial charge on any atom is 0.176 e. The van der Waals surface area contributed by atoms with Crippen molar-refractivity contribution in [3.8, 4) is 0 Å². The zero-order chi connectivity index (χ0) is 14.5. The van der Waals surface area contributed by atoms with E-state index in [1.165, 1.54) is 11.1 Å². The van der Waals surface area contributed by atoms with Gasteiger partial charge in [0.25, 0.3) is 0 Å². The summed E-state index contributed by atoms with van der Waals surface area (Å²) in [7, 11) is 5.33. The fourth-order valence-corrected chi connectivity index (χ4v) is 2.26. The van der Waals surface area contributed by atoms with Gasteiger partial charge in [-0.2, -0.15) is 0 Å². The Kier molecular flexibility index (Phi) is 5.94. The fraction of sp³-hybridized carbons (Fsp3) is 0.600. The Balaban J connectivity index is 2.90. The number of benzene rings is 1. The number of hydrogen-bond donors (Lipinski definition) is 1. The number of nitrogens with two attached hydrogens (primary N) is 1. The van der Waals surface area contributed by atoms with Crippen molar-refractivity contribution in [2.24, 2.45) is 5.73 Å². The van der Waals surface area contributed by atoms with Crippen LogP contribution in [0.4, 0.5) is 0 Å². The Morgan fingerprint density at radius 1 is 1.26 bits per heavy atom. The van der Waals surface area contributed by atoms with E-state index in [0.29, 0.717) is 6.54 Å². The first-order chi connectivity index (χ1) is 8.99. The highest BCUT2D eigenvalue weighted by Gasteiger charge is 2.37. The molecule has 0 bridgehead atoms. The highest BCUT2D eigenvalue weighted by molar-refractivity contribution is 5.25. The van der Waals surface area contributed by atoms with E-state index in [1.54, 1.807) is 14.2 Å². The number of methoxy groups -OCH3 is 2. The van der Waals surface area contributed by atoms with Crippen LogP contribution < -0.4 is 5.73 Å². The van der Waals surface area contributed by atoms with Gasteiger partial charge in [0, 0.05) is 27.3 Å². The molecule has 1 aromatic rings. The molecule has 0 aliphatic heterocycles. The summed E-state index contributed by atoms with van der Waals surface area (Å²) < 4.78 is 10.8. The molecule has 1 atom stereocenters. The summed E-state index contributed by atoms with van der Waals surface area (Å²) in [5.74, 6) is 0. The van der Waals surface area contributed by atoms with Crippen molar-refractivity contribution in [3.63, 3.8) is 0 Å². The molecule has 0 amide bonds. The van der Waals surface area contributed by atoms with Crippen molar-refractivity contribution >= 4 is 0 Å². The van der Waals surface area contributed by atoms with E-state index in [-0.39, 0.29) is 11.8 Å². The van der Waals surface area contributed by atoms with Crippen LogP contribution in [0.25, 0.3) is 0 Å². The van der Waals surface area contributed by atoms with Gasteiger partial charge in [-0.05, 0) is 32.0 Å². The molecule has 1 rings (SSSR count). The second kappa shape index (κ2) is 7.01. The molecular weight excluding hydrogens is 240 g/mol. The zero-order valence-corrected chi connectivity index (χ0v) is 12.6. The van der Waals surface area contributed by atoms with Crippen LogP contribution in [0.3, 0.4) is 0 Å². The van der Waals surface area contributed by atoms with Gasteiger partial charge in [-0.25, -0.2) is 0 Å². The monoisotopic (exact) mass is 266 g/mol. The molecular formula is C15H26N2O2. The molecule has 0 aliphatic rings. The SMILES string of the molecule is COC(OC)C(C)(CN)N(C)Cc1ccccc1C. The maximum absolute atomic E-state index is 5.95. The maximum atomic E-state index is 5.95. The van der Waals surface area contributed by atoms with E-state index < -0.39 is 0 Å². The molecule has 0 fully saturated rings. The number of ether oxygens (including phenoxy) is 2. The number of nitrogens with zero attached hydrogens (tertiary/aromatic N) is 1. The molecule has 4 heteroatoms. The third-order valence-electron chi connectivity index (χ3n) is 3.89. The fourth-order valence-electron chi connectivity index (χ4n) is 2.26. The van der Waals surface area contributed by atoms with Gasteiger partial charge >= 0.3 is 0 Å². The molecule has 4 nitrogen and oxygen atoms in total. The predicted octanol–water partition coefficient (Wildman–Crippen LogP) is 1.76.